The molecule has 0 radical (unpaired) electrons. The summed E-state index contributed by atoms with van der Waals surface area (Å²) in [5.41, 5.74) is -0.0635. The summed E-state index contributed by atoms with van der Waals surface area (Å²) in [6.45, 7) is 1.91. The van der Waals surface area contributed by atoms with Crippen LogP contribution in [-0.2, 0) is 6.54 Å². The highest BCUT2D eigenvalue weighted by Gasteiger charge is 2.14. The normalized spacial score (nSPS) is 10.4. The van der Waals surface area contributed by atoms with Crippen LogP contribution < -0.4 is 10.6 Å². The number of nitro groups is 1. The molecular weight excluding hydrogens is 252 g/mol. The van der Waals surface area contributed by atoms with E-state index in [9.17, 15) is 14.9 Å². The van der Waals surface area contributed by atoms with Crippen molar-refractivity contribution in [2.75, 3.05) is 11.9 Å². The molecule has 2 N–H and O–H groups in total. The molecule has 2 rings (SSSR count). The summed E-state index contributed by atoms with van der Waals surface area (Å²) in [7, 11) is 1.75. The van der Waals surface area contributed by atoms with Crippen molar-refractivity contribution in [1.29, 1.82) is 0 Å². The van der Waals surface area contributed by atoms with E-state index < -0.39 is 4.92 Å². The van der Waals surface area contributed by atoms with E-state index in [0.29, 0.717) is 23.9 Å². The van der Waals surface area contributed by atoms with Crippen molar-refractivity contribution in [2.24, 2.45) is 0 Å². The first kappa shape index (κ1) is 12.7. The maximum absolute atomic E-state index is 10.9. The van der Waals surface area contributed by atoms with Crippen LogP contribution in [-0.4, -0.2) is 32.1 Å². The van der Waals surface area contributed by atoms with Gasteiger partial charge in [-0.15, -0.1) is 0 Å². The number of aromatic amines is 2. The van der Waals surface area contributed by atoms with Crippen molar-refractivity contribution in [3.05, 3.63) is 44.2 Å². The molecule has 0 bridgehead atoms. The fraction of sp³-hybridized carbons (Fsp3) is 0.300. The maximum Gasteiger partial charge on any atom is 0.340 e. The first-order valence-electron chi connectivity index (χ1n) is 5.44. The smallest absolute Gasteiger partial charge is 0.340 e. The molecule has 0 fully saturated rings. The molecule has 100 valence electrons. The van der Waals surface area contributed by atoms with Gasteiger partial charge in [-0.2, -0.15) is 5.10 Å². The maximum atomic E-state index is 10.9. The summed E-state index contributed by atoms with van der Waals surface area (Å²) in [5.74, 6) is 1.03. The molecule has 0 spiro atoms. The van der Waals surface area contributed by atoms with Crippen LogP contribution in [0.25, 0.3) is 0 Å². The Bertz CT molecular complexity index is 661. The lowest BCUT2D eigenvalue weighted by Gasteiger charge is -2.16. The number of nitrogens with zero attached hydrogens (tertiary/aromatic N) is 4. The minimum atomic E-state index is -0.475. The van der Waals surface area contributed by atoms with Crippen molar-refractivity contribution in [3.63, 3.8) is 0 Å². The van der Waals surface area contributed by atoms with Crippen molar-refractivity contribution in [3.8, 4) is 0 Å². The van der Waals surface area contributed by atoms with Crippen LogP contribution in [0.4, 0.5) is 11.5 Å². The topological polar surface area (TPSA) is 121 Å². The zero-order valence-electron chi connectivity index (χ0n) is 10.4. The summed E-state index contributed by atoms with van der Waals surface area (Å²) in [4.78, 5) is 29.5. The molecular formula is C10H12N6O3. The Kier molecular flexibility index (Phi) is 3.27. The van der Waals surface area contributed by atoms with Gasteiger partial charge in [0.25, 0.3) is 5.69 Å². The average molecular weight is 264 g/mol. The van der Waals surface area contributed by atoms with Gasteiger partial charge >= 0.3 is 5.69 Å². The molecule has 0 aliphatic carbocycles. The number of rotatable bonds is 4. The number of anilines is 1. The van der Waals surface area contributed by atoms with Crippen LogP contribution in [0.15, 0.2) is 16.9 Å². The van der Waals surface area contributed by atoms with Gasteiger partial charge in [-0.25, -0.2) is 14.9 Å². The zero-order valence-corrected chi connectivity index (χ0v) is 10.4. The zero-order chi connectivity index (χ0) is 14.0. The molecule has 0 saturated carbocycles. The third kappa shape index (κ3) is 2.76. The number of nitrogens with one attached hydrogen (secondary N) is 2. The van der Waals surface area contributed by atoms with E-state index in [1.54, 1.807) is 24.9 Å². The third-order valence-corrected chi connectivity index (χ3v) is 2.57. The van der Waals surface area contributed by atoms with Gasteiger partial charge in [-0.1, -0.05) is 0 Å². The van der Waals surface area contributed by atoms with E-state index in [4.69, 9.17) is 0 Å². The number of aryl methyl sites for hydroxylation is 1. The summed E-state index contributed by atoms with van der Waals surface area (Å²) >= 11 is 0. The highest BCUT2D eigenvalue weighted by Crippen LogP contribution is 2.20. The van der Waals surface area contributed by atoms with Crippen LogP contribution in [0, 0.1) is 17.0 Å². The number of hydrogen-bond donors (Lipinski definition) is 2. The quantitative estimate of drug-likeness (QED) is 0.607. The second kappa shape index (κ2) is 4.88. The molecule has 0 aliphatic rings. The number of H-pyrrole nitrogens is 2. The Morgan fingerprint density at radius 1 is 1.47 bits per heavy atom. The lowest BCUT2D eigenvalue weighted by molar-refractivity contribution is -0.385. The van der Waals surface area contributed by atoms with Gasteiger partial charge in [0.05, 0.1) is 11.5 Å². The van der Waals surface area contributed by atoms with Gasteiger partial charge in [-0.05, 0) is 13.0 Å². The van der Waals surface area contributed by atoms with Gasteiger partial charge < -0.3 is 4.90 Å². The Morgan fingerprint density at radius 3 is 2.74 bits per heavy atom. The van der Waals surface area contributed by atoms with Crippen molar-refractivity contribution >= 4 is 11.5 Å². The van der Waals surface area contributed by atoms with E-state index in [2.05, 4.69) is 20.2 Å². The third-order valence-electron chi connectivity index (χ3n) is 2.57. The van der Waals surface area contributed by atoms with Crippen LogP contribution in [0.5, 0.6) is 0 Å². The SMILES string of the molecule is Cc1nc(N(C)Cc2n[nH]c(=O)[nH]2)ccc1[N+](=O)[O-]. The lowest BCUT2D eigenvalue weighted by Crippen LogP contribution is -2.19. The molecule has 2 heterocycles. The standard InChI is InChI=1S/C10H12N6O3/c1-6-7(16(18)19)3-4-9(11-6)15(2)5-8-12-10(17)14-13-8/h3-4H,5H2,1-2H3,(H2,12,13,14,17). The predicted octanol–water partition coefficient (Wildman–Crippen LogP) is 0.346. The highest BCUT2D eigenvalue weighted by atomic mass is 16.6. The fourth-order valence-electron chi connectivity index (χ4n) is 1.63. The Balaban J connectivity index is 2.19. The van der Waals surface area contributed by atoms with E-state index >= 15 is 0 Å². The summed E-state index contributed by atoms with van der Waals surface area (Å²) in [6.07, 6.45) is 0. The van der Waals surface area contributed by atoms with Gasteiger partial charge in [0.2, 0.25) is 0 Å². The van der Waals surface area contributed by atoms with E-state index in [-0.39, 0.29) is 11.4 Å². The molecule has 19 heavy (non-hydrogen) atoms. The molecule has 0 amide bonds. The van der Waals surface area contributed by atoms with Crippen LogP contribution in [0.3, 0.4) is 0 Å². The molecule has 9 heteroatoms. The van der Waals surface area contributed by atoms with E-state index in [1.807, 2.05) is 0 Å². The van der Waals surface area contributed by atoms with E-state index in [1.165, 1.54) is 6.07 Å². The van der Waals surface area contributed by atoms with Gasteiger partial charge in [0.1, 0.15) is 17.3 Å². The summed E-state index contributed by atoms with van der Waals surface area (Å²) in [5, 5.41) is 16.7. The number of pyridine rings is 1. The largest absolute Gasteiger partial charge is 0.352 e. The van der Waals surface area contributed by atoms with Crippen molar-refractivity contribution in [2.45, 2.75) is 13.5 Å². The second-order valence-corrected chi connectivity index (χ2v) is 4.01. The van der Waals surface area contributed by atoms with Crippen LogP contribution >= 0.6 is 0 Å². The number of hydrogen-bond acceptors (Lipinski definition) is 6. The number of aromatic nitrogens is 4. The predicted molar refractivity (Wildman–Crippen MR) is 66.9 cm³/mol. The highest BCUT2D eigenvalue weighted by molar-refractivity contribution is 5.46. The van der Waals surface area contributed by atoms with Gasteiger partial charge in [0, 0.05) is 13.1 Å². The van der Waals surface area contributed by atoms with Gasteiger partial charge in [-0.3, -0.25) is 15.1 Å². The molecule has 2 aromatic heterocycles. The summed E-state index contributed by atoms with van der Waals surface area (Å²) in [6, 6.07) is 2.96. The first-order valence-corrected chi connectivity index (χ1v) is 5.44. The summed E-state index contributed by atoms with van der Waals surface area (Å²) < 4.78 is 0. The molecule has 0 aliphatic heterocycles. The fourth-order valence-corrected chi connectivity index (χ4v) is 1.63. The lowest BCUT2D eigenvalue weighted by atomic mass is 10.3. The molecule has 0 aromatic carbocycles. The van der Waals surface area contributed by atoms with Crippen molar-refractivity contribution in [1.82, 2.24) is 20.2 Å². The minimum absolute atomic E-state index is 0.0228. The first-order chi connectivity index (χ1) is 8.97. The second-order valence-electron chi connectivity index (χ2n) is 4.01. The average Bonchev–Trinajstić information content (AvgIpc) is 2.74. The Labute approximate surface area is 107 Å². The Morgan fingerprint density at radius 2 is 2.21 bits per heavy atom. The molecule has 0 atom stereocenters. The minimum Gasteiger partial charge on any atom is -0.352 e. The molecule has 0 unspecified atom stereocenters. The molecule has 9 nitrogen and oxygen atoms in total. The molecule has 2 aromatic rings. The Hall–Kier alpha value is -2.71. The van der Waals surface area contributed by atoms with Gasteiger partial charge in [0.15, 0.2) is 0 Å². The monoisotopic (exact) mass is 264 g/mol. The van der Waals surface area contributed by atoms with E-state index in [0.717, 1.165) is 0 Å². The van der Waals surface area contributed by atoms with Crippen LogP contribution in [0.2, 0.25) is 0 Å². The van der Waals surface area contributed by atoms with Crippen molar-refractivity contribution < 1.29 is 4.92 Å². The molecule has 0 saturated heterocycles. The van der Waals surface area contributed by atoms with Crippen LogP contribution in [0.1, 0.15) is 11.5 Å².